The van der Waals surface area contributed by atoms with E-state index in [2.05, 4.69) is 21.9 Å². The number of aryl methyl sites for hydroxylation is 1. The molecule has 1 atom stereocenters. The average Bonchev–Trinajstić information content (AvgIpc) is 3.36. The highest BCUT2D eigenvalue weighted by Gasteiger charge is 2.30. The summed E-state index contributed by atoms with van der Waals surface area (Å²) in [5, 5.41) is 0. The number of rotatable bonds is 7. The van der Waals surface area contributed by atoms with Gasteiger partial charge >= 0.3 is 0 Å². The summed E-state index contributed by atoms with van der Waals surface area (Å²) in [7, 11) is 0. The molecule has 2 aliphatic rings. The van der Waals surface area contributed by atoms with Gasteiger partial charge in [0.05, 0.1) is 31.7 Å². The number of anilines is 2. The molecule has 34 heavy (non-hydrogen) atoms. The van der Waals surface area contributed by atoms with E-state index in [-0.39, 0.29) is 11.7 Å². The highest BCUT2D eigenvalue weighted by molar-refractivity contribution is 5.59. The molecule has 7 heteroatoms. The van der Waals surface area contributed by atoms with Gasteiger partial charge in [-0.3, -0.25) is 19.2 Å². The molecule has 1 fully saturated rings. The molecular weight excluding hydrogens is 428 g/mol. The molecule has 1 aromatic heterocycles. The van der Waals surface area contributed by atoms with Gasteiger partial charge in [-0.25, -0.2) is 4.98 Å². The van der Waals surface area contributed by atoms with Crippen molar-refractivity contribution in [3.05, 3.63) is 81.8 Å². The average molecular weight is 461 g/mol. The summed E-state index contributed by atoms with van der Waals surface area (Å²) in [5.74, 6) is 1.52. The van der Waals surface area contributed by atoms with Crippen molar-refractivity contribution in [1.29, 1.82) is 0 Å². The topological polar surface area (TPSA) is 59.8 Å². The van der Waals surface area contributed by atoms with Crippen molar-refractivity contribution in [2.45, 2.75) is 45.9 Å². The monoisotopic (exact) mass is 460 g/mol. The fourth-order valence-corrected chi connectivity index (χ4v) is 4.81. The maximum atomic E-state index is 13.8. The normalized spacial score (nSPS) is 18.2. The zero-order valence-corrected chi connectivity index (χ0v) is 19.9. The third-order valence-corrected chi connectivity index (χ3v) is 6.54. The minimum absolute atomic E-state index is 0.0272. The first-order valence-corrected chi connectivity index (χ1v) is 12.1. The van der Waals surface area contributed by atoms with E-state index in [1.54, 1.807) is 0 Å². The Morgan fingerprint density at radius 1 is 1.09 bits per heavy atom. The fraction of sp³-hybridized carbons (Fsp3) is 0.407. The zero-order chi connectivity index (χ0) is 23.5. The molecule has 7 nitrogen and oxygen atoms in total. The first kappa shape index (κ1) is 22.6. The Hall–Kier alpha value is -3.16. The minimum Gasteiger partial charge on any atom is -0.494 e. The molecule has 0 spiro atoms. The van der Waals surface area contributed by atoms with Crippen LogP contribution < -0.4 is 15.2 Å². The van der Waals surface area contributed by atoms with E-state index < -0.39 is 0 Å². The number of ether oxygens (including phenoxy) is 2. The van der Waals surface area contributed by atoms with Crippen LogP contribution in [-0.4, -0.2) is 47.0 Å². The second kappa shape index (κ2) is 9.99. The molecule has 3 heterocycles. The molecule has 2 aromatic carbocycles. The van der Waals surface area contributed by atoms with Crippen LogP contribution >= 0.6 is 0 Å². The van der Waals surface area contributed by atoms with Gasteiger partial charge < -0.3 is 9.47 Å². The summed E-state index contributed by atoms with van der Waals surface area (Å²) in [6, 6.07) is 18.1. The van der Waals surface area contributed by atoms with Crippen LogP contribution in [0.1, 0.15) is 36.6 Å². The van der Waals surface area contributed by atoms with Crippen molar-refractivity contribution in [2.75, 3.05) is 31.3 Å². The van der Waals surface area contributed by atoms with E-state index in [4.69, 9.17) is 14.5 Å². The molecule has 1 unspecified atom stereocenters. The van der Waals surface area contributed by atoms with Gasteiger partial charge in [-0.15, -0.1) is 0 Å². The van der Waals surface area contributed by atoms with E-state index in [0.29, 0.717) is 32.3 Å². The summed E-state index contributed by atoms with van der Waals surface area (Å²) >= 11 is 0. The highest BCUT2D eigenvalue weighted by Crippen LogP contribution is 2.30. The Balaban J connectivity index is 1.52. The van der Waals surface area contributed by atoms with Crippen molar-refractivity contribution in [3.63, 3.8) is 0 Å². The third kappa shape index (κ3) is 4.72. The SMILES string of the molecule is CCOc1ccc(N2CN(CC3CCCO3)Cn3c2nc(C)c(Cc2ccccc2)c3=O)cc1. The second-order valence-corrected chi connectivity index (χ2v) is 9.00. The molecule has 2 aliphatic heterocycles. The molecule has 0 amide bonds. The standard InChI is InChI=1S/C27H32N4O3/c1-3-33-23-13-11-22(12-14-23)30-18-29(17-24-10-7-15-34-24)19-31-26(32)25(20(2)28-27(30)31)16-21-8-5-4-6-9-21/h4-6,8-9,11-14,24H,3,7,10,15-19H2,1-2H3. The molecule has 0 bridgehead atoms. The summed E-state index contributed by atoms with van der Waals surface area (Å²) < 4.78 is 13.3. The van der Waals surface area contributed by atoms with Crippen LogP contribution in [0, 0.1) is 6.92 Å². The Morgan fingerprint density at radius 3 is 2.59 bits per heavy atom. The Morgan fingerprint density at radius 2 is 1.88 bits per heavy atom. The Kier molecular flexibility index (Phi) is 6.65. The second-order valence-electron chi connectivity index (χ2n) is 9.00. The fourth-order valence-electron chi connectivity index (χ4n) is 4.81. The van der Waals surface area contributed by atoms with Crippen molar-refractivity contribution in [3.8, 4) is 5.75 Å². The van der Waals surface area contributed by atoms with Gasteiger partial charge in [0.1, 0.15) is 5.75 Å². The smallest absolute Gasteiger partial charge is 0.259 e. The maximum Gasteiger partial charge on any atom is 0.259 e. The summed E-state index contributed by atoms with van der Waals surface area (Å²) in [6.07, 6.45) is 2.95. The van der Waals surface area contributed by atoms with Gasteiger partial charge in [-0.2, -0.15) is 0 Å². The molecule has 0 radical (unpaired) electrons. The minimum atomic E-state index is 0.0272. The van der Waals surface area contributed by atoms with Gasteiger partial charge in [0.15, 0.2) is 0 Å². The Bertz CT molecular complexity index is 1170. The lowest BCUT2D eigenvalue weighted by atomic mass is 10.1. The number of aromatic nitrogens is 2. The van der Waals surface area contributed by atoms with Crippen molar-refractivity contribution in [1.82, 2.24) is 14.5 Å². The van der Waals surface area contributed by atoms with E-state index >= 15 is 0 Å². The molecule has 0 saturated carbocycles. The van der Waals surface area contributed by atoms with Crippen LogP contribution in [0.15, 0.2) is 59.4 Å². The molecule has 0 N–H and O–H groups in total. The van der Waals surface area contributed by atoms with Crippen molar-refractivity contribution < 1.29 is 9.47 Å². The van der Waals surface area contributed by atoms with E-state index in [9.17, 15) is 4.79 Å². The summed E-state index contributed by atoms with van der Waals surface area (Å²) in [4.78, 5) is 23.1. The van der Waals surface area contributed by atoms with Gasteiger partial charge in [-0.1, -0.05) is 30.3 Å². The van der Waals surface area contributed by atoms with Crippen LogP contribution in [0.25, 0.3) is 0 Å². The zero-order valence-electron chi connectivity index (χ0n) is 19.9. The third-order valence-electron chi connectivity index (χ3n) is 6.54. The number of benzene rings is 2. The Labute approximate surface area is 200 Å². The first-order valence-electron chi connectivity index (χ1n) is 12.1. The van der Waals surface area contributed by atoms with Crippen LogP contribution in [0.4, 0.5) is 11.6 Å². The van der Waals surface area contributed by atoms with Crippen LogP contribution in [0.5, 0.6) is 5.75 Å². The van der Waals surface area contributed by atoms with Crippen molar-refractivity contribution >= 4 is 11.6 Å². The number of fused-ring (bicyclic) bond motifs is 1. The lowest BCUT2D eigenvalue weighted by molar-refractivity contribution is 0.0584. The van der Waals surface area contributed by atoms with Gasteiger partial charge in [0, 0.05) is 30.8 Å². The van der Waals surface area contributed by atoms with Gasteiger partial charge in [0.2, 0.25) is 5.95 Å². The van der Waals surface area contributed by atoms with Crippen molar-refractivity contribution in [2.24, 2.45) is 0 Å². The summed E-state index contributed by atoms with van der Waals surface area (Å²) in [6.45, 7) is 7.32. The van der Waals surface area contributed by atoms with E-state index in [1.165, 1.54) is 0 Å². The van der Waals surface area contributed by atoms with Gasteiger partial charge in [-0.05, 0) is 56.5 Å². The number of nitrogens with zero attached hydrogens (tertiary/aromatic N) is 4. The predicted molar refractivity (Wildman–Crippen MR) is 133 cm³/mol. The maximum absolute atomic E-state index is 13.8. The molecular formula is C27H32N4O3. The van der Waals surface area contributed by atoms with Gasteiger partial charge in [0.25, 0.3) is 5.56 Å². The lowest BCUT2D eigenvalue weighted by Gasteiger charge is -2.39. The quantitative estimate of drug-likeness (QED) is 0.529. The number of hydrogen-bond donors (Lipinski definition) is 0. The van der Waals surface area contributed by atoms with Crippen LogP contribution in [-0.2, 0) is 17.8 Å². The highest BCUT2D eigenvalue weighted by atomic mass is 16.5. The van der Waals surface area contributed by atoms with Crippen LogP contribution in [0.3, 0.4) is 0 Å². The molecule has 1 saturated heterocycles. The molecule has 3 aromatic rings. The van der Waals surface area contributed by atoms with Crippen LogP contribution in [0.2, 0.25) is 0 Å². The lowest BCUT2D eigenvalue weighted by Crippen LogP contribution is -2.50. The van der Waals surface area contributed by atoms with E-state index in [0.717, 1.165) is 54.3 Å². The number of hydrogen-bond acceptors (Lipinski definition) is 6. The predicted octanol–water partition coefficient (Wildman–Crippen LogP) is 4.09. The largest absolute Gasteiger partial charge is 0.494 e. The molecule has 5 rings (SSSR count). The van der Waals surface area contributed by atoms with E-state index in [1.807, 2.05) is 60.9 Å². The first-order chi connectivity index (χ1) is 16.6. The summed E-state index contributed by atoms with van der Waals surface area (Å²) in [5.41, 5.74) is 3.65. The molecule has 0 aliphatic carbocycles. The molecule has 178 valence electrons.